The first-order chi connectivity index (χ1) is 22.1. The second kappa shape index (κ2) is 9.63. The topological polar surface area (TPSA) is 35.1 Å². The van der Waals surface area contributed by atoms with Crippen LogP contribution in [0.4, 0.5) is 0 Å². The highest BCUT2D eigenvalue weighted by Crippen LogP contribution is 2.37. The molecule has 0 fully saturated rings. The Morgan fingerprint density at radius 2 is 1.04 bits per heavy atom. The minimum atomic E-state index is 0.838. The van der Waals surface area contributed by atoms with E-state index in [0.717, 1.165) is 33.6 Å². The molecule has 9 rings (SSSR count). The molecule has 4 heteroatoms. The Morgan fingerprint density at radius 1 is 0.467 bits per heavy atom. The summed E-state index contributed by atoms with van der Waals surface area (Å²) in [7, 11) is 0. The molecular weight excluding hydrogens is 548 g/mol. The van der Waals surface area contributed by atoms with Crippen LogP contribution in [0, 0.1) is 20.8 Å². The van der Waals surface area contributed by atoms with Gasteiger partial charge in [-0.2, -0.15) is 0 Å². The first kappa shape index (κ1) is 25.7. The molecule has 0 aliphatic rings. The van der Waals surface area contributed by atoms with Crippen LogP contribution in [0.15, 0.2) is 127 Å². The Labute approximate surface area is 260 Å². The molecule has 214 valence electrons. The van der Waals surface area contributed by atoms with E-state index in [9.17, 15) is 0 Å². The summed E-state index contributed by atoms with van der Waals surface area (Å²) in [6, 6.07) is 45.9. The summed E-state index contributed by atoms with van der Waals surface area (Å²) < 4.78 is 4.57. The number of aromatic nitrogens is 4. The van der Waals surface area contributed by atoms with Gasteiger partial charge in [-0.15, -0.1) is 10.2 Å². The van der Waals surface area contributed by atoms with Crippen molar-refractivity contribution >= 4 is 49.1 Å². The third-order valence-corrected chi connectivity index (χ3v) is 9.29. The van der Waals surface area contributed by atoms with Crippen LogP contribution in [0.5, 0.6) is 0 Å². The molecule has 0 saturated heterocycles. The first-order valence-electron chi connectivity index (χ1n) is 15.4. The molecule has 3 heterocycles. The lowest BCUT2D eigenvalue weighted by atomic mass is 9.92. The highest BCUT2D eigenvalue weighted by molar-refractivity contribution is 6.13. The third-order valence-electron chi connectivity index (χ3n) is 9.29. The highest BCUT2D eigenvalue weighted by atomic mass is 15.2. The molecule has 45 heavy (non-hydrogen) atoms. The Hall–Kier alpha value is -5.74. The molecule has 0 spiro atoms. The fraction of sp³-hybridized carbons (Fsp3) is 0.0732. The van der Waals surface area contributed by atoms with Gasteiger partial charge in [-0.3, -0.25) is 4.40 Å². The molecule has 0 aliphatic heterocycles. The van der Waals surface area contributed by atoms with Gasteiger partial charge in [0.2, 0.25) is 0 Å². The average Bonchev–Trinajstić information content (AvgIpc) is 3.65. The molecule has 0 saturated carbocycles. The number of rotatable bonds is 3. The molecule has 3 aromatic heterocycles. The molecule has 0 aliphatic carbocycles. The number of pyridine rings is 1. The largest absolute Gasteiger partial charge is 0.309 e. The zero-order valence-electron chi connectivity index (χ0n) is 25.4. The van der Waals surface area contributed by atoms with Gasteiger partial charge < -0.3 is 4.57 Å². The zero-order valence-corrected chi connectivity index (χ0v) is 25.4. The monoisotopic (exact) mass is 578 g/mol. The summed E-state index contributed by atoms with van der Waals surface area (Å²) in [4.78, 5) is 0. The quantitative estimate of drug-likeness (QED) is 0.196. The smallest absolute Gasteiger partial charge is 0.169 e. The molecule has 0 N–H and O–H groups in total. The number of fused-ring (bicyclic) bond motifs is 9. The molecule has 0 bridgehead atoms. The molecule has 9 aromatic rings. The van der Waals surface area contributed by atoms with Gasteiger partial charge in [0.1, 0.15) is 0 Å². The highest BCUT2D eigenvalue weighted by Gasteiger charge is 2.18. The van der Waals surface area contributed by atoms with Gasteiger partial charge >= 0.3 is 0 Å². The van der Waals surface area contributed by atoms with Crippen molar-refractivity contribution < 1.29 is 0 Å². The van der Waals surface area contributed by atoms with Crippen molar-refractivity contribution in [3.8, 4) is 28.2 Å². The zero-order chi connectivity index (χ0) is 30.2. The molecule has 0 unspecified atom stereocenters. The van der Waals surface area contributed by atoms with Crippen LogP contribution >= 0.6 is 0 Å². The predicted molar refractivity (Wildman–Crippen MR) is 187 cm³/mol. The fourth-order valence-corrected chi connectivity index (χ4v) is 7.48. The van der Waals surface area contributed by atoms with E-state index in [0.29, 0.717) is 0 Å². The predicted octanol–water partition coefficient (Wildman–Crippen LogP) is 10.4. The van der Waals surface area contributed by atoms with Gasteiger partial charge in [-0.25, -0.2) is 0 Å². The lowest BCUT2D eigenvalue weighted by Crippen LogP contribution is -1.97. The molecule has 6 aromatic carbocycles. The van der Waals surface area contributed by atoms with Crippen molar-refractivity contribution in [3.05, 3.63) is 144 Å². The van der Waals surface area contributed by atoms with Crippen LogP contribution < -0.4 is 0 Å². The van der Waals surface area contributed by atoms with Crippen LogP contribution in [0.2, 0.25) is 0 Å². The van der Waals surface area contributed by atoms with Gasteiger partial charge in [-0.05, 0) is 96.9 Å². The van der Waals surface area contributed by atoms with Crippen LogP contribution in [0.3, 0.4) is 0 Å². The average molecular weight is 579 g/mol. The van der Waals surface area contributed by atoms with Crippen LogP contribution in [-0.4, -0.2) is 19.2 Å². The minimum absolute atomic E-state index is 0.838. The Bertz CT molecular complexity index is 2540. The molecular formula is C41H30N4. The maximum Gasteiger partial charge on any atom is 0.169 e. The van der Waals surface area contributed by atoms with Crippen molar-refractivity contribution in [3.63, 3.8) is 0 Å². The van der Waals surface area contributed by atoms with E-state index in [4.69, 9.17) is 10.2 Å². The normalized spacial score (nSPS) is 11.9. The maximum atomic E-state index is 4.78. The minimum Gasteiger partial charge on any atom is -0.309 e. The first-order valence-corrected chi connectivity index (χ1v) is 15.4. The number of benzene rings is 6. The number of para-hydroxylation sites is 2. The van der Waals surface area contributed by atoms with Crippen LogP contribution in [0.25, 0.3) is 77.3 Å². The van der Waals surface area contributed by atoms with Crippen molar-refractivity contribution in [2.24, 2.45) is 0 Å². The summed E-state index contributed by atoms with van der Waals surface area (Å²) >= 11 is 0. The van der Waals surface area contributed by atoms with E-state index in [2.05, 4.69) is 157 Å². The fourth-order valence-electron chi connectivity index (χ4n) is 7.48. The van der Waals surface area contributed by atoms with Gasteiger partial charge in [0, 0.05) is 32.8 Å². The maximum absolute atomic E-state index is 4.78. The summed E-state index contributed by atoms with van der Waals surface area (Å²) in [6.07, 6.45) is 0. The van der Waals surface area contributed by atoms with Crippen LogP contribution in [0.1, 0.15) is 16.7 Å². The standard InChI is InChI=1S/C41H30N4/c1-25-22-26(2)39(27(3)23-25)29-18-21-38-35(24-29)31-10-4-5-13-34(31)41-43-42-40(45(38)41)28-16-19-30(20-17-28)44-36-14-8-6-11-32(36)33-12-7-9-15-37(33)44/h4-24H,1-3H3. The van der Waals surface area contributed by atoms with E-state index in [1.54, 1.807) is 0 Å². The van der Waals surface area contributed by atoms with Gasteiger partial charge in [0.15, 0.2) is 11.5 Å². The Morgan fingerprint density at radius 3 is 1.71 bits per heavy atom. The van der Waals surface area contributed by atoms with E-state index < -0.39 is 0 Å². The van der Waals surface area contributed by atoms with Crippen molar-refractivity contribution in [1.82, 2.24) is 19.2 Å². The molecule has 0 amide bonds. The van der Waals surface area contributed by atoms with Gasteiger partial charge in [-0.1, -0.05) is 84.4 Å². The van der Waals surface area contributed by atoms with Crippen LogP contribution in [-0.2, 0) is 0 Å². The van der Waals surface area contributed by atoms with Gasteiger partial charge in [0.05, 0.1) is 16.6 Å². The lowest BCUT2D eigenvalue weighted by Gasteiger charge is -2.15. The summed E-state index contributed by atoms with van der Waals surface area (Å²) in [5.41, 5.74) is 12.9. The van der Waals surface area contributed by atoms with E-state index in [-0.39, 0.29) is 0 Å². The number of hydrogen-bond donors (Lipinski definition) is 0. The molecule has 0 radical (unpaired) electrons. The third kappa shape index (κ3) is 3.79. The second-order valence-electron chi connectivity index (χ2n) is 12.2. The Kier molecular flexibility index (Phi) is 5.51. The molecule has 4 nitrogen and oxygen atoms in total. The van der Waals surface area contributed by atoms with E-state index in [1.807, 2.05) is 0 Å². The second-order valence-corrected chi connectivity index (χ2v) is 12.2. The van der Waals surface area contributed by atoms with Crippen molar-refractivity contribution in [2.75, 3.05) is 0 Å². The summed E-state index contributed by atoms with van der Waals surface area (Å²) in [5, 5.41) is 15.5. The summed E-state index contributed by atoms with van der Waals surface area (Å²) in [5.74, 6) is 0.838. The van der Waals surface area contributed by atoms with E-state index in [1.165, 1.54) is 60.4 Å². The summed E-state index contributed by atoms with van der Waals surface area (Å²) in [6.45, 7) is 6.58. The van der Waals surface area contributed by atoms with Crippen molar-refractivity contribution in [1.29, 1.82) is 0 Å². The Balaban J connectivity index is 1.25. The molecule has 0 atom stereocenters. The lowest BCUT2D eigenvalue weighted by molar-refractivity contribution is 1.11. The number of aryl methyl sites for hydroxylation is 3. The van der Waals surface area contributed by atoms with Gasteiger partial charge in [0.25, 0.3) is 0 Å². The number of hydrogen-bond acceptors (Lipinski definition) is 2. The van der Waals surface area contributed by atoms with Crippen molar-refractivity contribution in [2.45, 2.75) is 20.8 Å². The van der Waals surface area contributed by atoms with E-state index >= 15 is 0 Å². The number of nitrogens with zero attached hydrogens (tertiary/aromatic N) is 4. The SMILES string of the molecule is Cc1cc(C)c(-c2ccc3c(c2)c2ccccc2c2nnc(-c4ccc(-n5c6ccccc6c6ccccc65)cc4)n32)c(C)c1.